The first-order valence-electron chi connectivity index (χ1n) is 7.33. The topological polar surface area (TPSA) is 64.2 Å². The molecule has 0 spiro atoms. The molecule has 3 aromatic rings. The molecular weight excluding hydrogens is 325 g/mol. The summed E-state index contributed by atoms with van der Waals surface area (Å²) < 4.78 is 17.2. The van der Waals surface area contributed by atoms with Gasteiger partial charge in [0.25, 0.3) is 8.38 Å². The van der Waals surface area contributed by atoms with Crippen LogP contribution in [-0.4, -0.2) is 17.1 Å². The van der Waals surface area contributed by atoms with Gasteiger partial charge in [-0.3, -0.25) is 0 Å². The Labute approximate surface area is 141 Å². The van der Waals surface area contributed by atoms with Crippen LogP contribution in [0.15, 0.2) is 88.6 Å². The molecule has 3 rings (SSSR count). The summed E-state index contributed by atoms with van der Waals surface area (Å²) in [6.45, 7) is 0. The van der Waals surface area contributed by atoms with Crippen LogP contribution in [0.25, 0.3) is 0 Å². The van der Waals surface area contributed by atoms with Gasteiger partial charge in [0, 0.05) is 0 Å². The first-order valence-corrected chi connectivity index (χ1v) is 8.70. The lowest BCUT2D eigenvalue weighted by Crippen LogP contribution is -2.10. The highest BCUT2D eigenvalue weighted by molar-refractivity contribution is 7.49. The number of benzene rings is 2. The van der Waals surface area contributed by atoms with Gasteiger partial charge < -0.3 is 18.7 Å². The normalized spacial score (nSPS) is 11.5. The molecule has 0 aliphatic rings. The van der Waals surface area contributed by atoms with Gasteiger partial charge in [-0.25, -0.2) is 0 Å². The zero-order valence-electron chi connectivity index (χ0n) is 12.8. The molecule has 0 radical (unpaired) electrons. The number of furan rings is 1. The van der Waals surface area contributed by atoms with E-state index in [4.69, 9.17) is 13.5 Å². The third-order valence-electron chi connectivity index (χ3n) is 3.11. The maximum Gasteiger partial charge on any atom is 0.297 e. The summed E-state index contributed by atoms with van der Waals surface area (Å²) in [6.07, 6.45) is 1.81. The molecule has 1 aromatic heterocycles. The lowest BCUT2D eigenvalue weighted by atomic mass is 10.3. The monoisotopic (exact) mass is 341 g/mol. The summed E-state index contributed by atoms with van der Waals surface area (Å²) in [5.41, 5.74) is 0.373. The number of para-hydroxylation sites is 2. The van der Waals surface area contributed by atoms with Crippen LogP contribution in [0.2, 0.25) is 0 Å². The molecule has 6 heteroatoms. The molecule has 24 heavy (non-hydrogen) atoms. The van der Waals surface area contributed by atoms with Crippen molar-refractivity contribution in [3.05, 3.63) is 84.8 Å². The van der Waals surface area contributed by atoms with E-state index in [0.29, 0.717) is 23.0 Å². The fraction of sp³-hybridized carbons (Fsp3) is 0.0556. The Kier molecular flexibility index (Phi) is 5.48. The van der Waals surface area contributed by atoms with Crippen molar-refractivity contribution < 1.29 is 18.7 Å². The Morgan fingerprint density at radius 1 is 0.875 bits per heavy atom. The number of hydrogen-bond donors (Lipinski definition) is 1. The Bertz CT molecular complexity index is 719. The summed E-state index contributed by atoms with van der Waals surface area (Å²) in [7, 11) is -1.41. The zero-order valence-corrected chi connectivity index (χ0v) is 13.7. The molecule has 0 aliphatic carbocycles. The summed E-state index contributed by atoms with van der Waals surface area (Å²) in [5, 5.41) is 12.6. The summed E-state index contributed by atoms with van der Waals surface area (Å²) in [5.74, 6) is 1.87. The van der Waals surface area contributed by atoms with Crippen LogP contribution in [0.1, 0.15) is 5.76 Å². The minimum Gasteiger partial charge on any atom is -0.463 e. The van der Waals surface area contributed by atoms with E-state index in [1.807, 2.05) is 60.7 Å². The van der Waals surface area contributed by atoms with Gasteiger partial charge in [-0.2, -0.15) is 0 Å². The smallest absolute Gasteiger partial charge is 0.297 e. The lowest BCUT2D eigenvalue weighted by molar-refractivity contribution is 0.317. The van der Waals surface area contributed by atoms with Crippen molar-refractivity contribution in [1.82, 2.24) is 0 Å². The van der Waals surface area contributed by atoms with E-state index < -0.39 is 8.38 Å². The third-order valence-corrected chi connectivity index (χ3v) is 4.49. The summed E-state index contributed by atoms with van der Waals surface area (Å²) in [4.78, 5) is 0. The van der Waals surface area contributed by atoms with Gasteiger partial charge in [0.05, 0.1) is 12.4 Å². The van der Waals surface area contributed by atoms with E-state index in [2.05, 4.69) is 5.16 Å². The van der Waals surface area contributed by atoms with Crippen LogP contribution in [0.4, 0.5) is 0 Å². The largest absolute Gasteiger partial charge is 0.463 e. The number of rotatable bonds is 7. The fourth-order valence-electron chi connectivity index (χ4n) is 2.00. The van der Waals surface area contributed by atoms with Crippen molar-refractivity contribution in [2.45, 2.75) is 0 Å². The molecule has 0 saturated heterocycles. The highest BCUT2D eigenvalue weighted by atomic mass is 31.2. The van der Waals surface area contributed by atoms with Gasteiger partial charge in [-0.05, 0) is 36.4 Å². The standard InChI is InChI=1S/C18H16NO4P/c20-19-17(18-12-7-13-21-18)14-24(22-15-8-3-1-4-9-15)23-16-10-5-2-6-11-16/h1-13,20H,14H2. The summed E-state index contributed by atoms with van der Waals surface area (Å²) in [6, 6.07) is 22.3. The minimum absolute atomic E-state index is 0.281. The van der Waals surface area contributed by atoms with Crippen LogP contribution < -0.4 is 9.05 Å². The molecule has 0 unspecified atom stereocenters. The van der Waals surface area contributed by atoms with Crippen molar-refractivity contribution in [3.8, 4) is 11.5 Å². The van der Waals surface area contributed by atoms with Gasteiger partial charge in [0.15, 0.2) is 5.76 Å². The second-order valence-electron chi connectivity index (χ2n) is 4.82. The molecule has 0 aliphatic heterocycles. The SMILES string of the molecule is ON=C(CP(Oc1ccccc1)Oc1ccccc1)c1ccco1. The number of oxime groups is 1. The van der Waals surface area contributed by atoms with Crippen LogP contribution in [0.5, 0.6) is 11.5 Å². The molecule has 0 fully saturated rings. The van der Waals surface area contributed by atoms with Crippen molar-refractivity contribution in [1.29, 1.82) is 0 Å². The Hall–Kier alpha value is -2.78. The Morgan fingerprint density at radius 3 is 1.92 bits per heavy atom. The van der Waals surface area contributed by atoms with Gasteiger partial charge in [-0.15, -0.1) is 0 Å². The first kappa shape index (κ1) is 16.1. The predicted octanol–water partition coefficient (Wildman–Crippen LogP) is 4.93. The minimum atomic E-state index is -1.41. The van der Waals surface area contributed by atoms with Crippen molar-refractivity contribution >= 4 is 14.1 Å². The molecule has 1 N–H and O–H groups in total. The molecule has 1 heterocycles. The Morgan fingerprint density at radius 2 is 1.46 bits per heavy atom. The van der Waals surface area contributed by atoms with Gasteiger partial charge in [0.2, 0.25) is 0 Å². The van der Waals surface area contributed by atoms with Crippen molar-refractivity contribution in [2.75, 3.05) is 6.16 Å². The maximum absolute atomic E-state index is 9.31. The molecule has 0 bridgehead atoms. The highest BCUT2D eigenvalue weighted by Gasteiger charge is 2.21. The average molecular weight is 341 g/mol. The lowest BCUT2D eigenvalue weighted by Gasteiger charge is -2.18. The van der Waals surface area contributed by atoms with Crippen LogP contribution in [0.3, 0.4) is 0 Å². The number of hydrogen-bond acceptors (Lipinski definition) is 5. The molecule has 122 valence electrons. The molecule has 2 aromatic carbocycles. The molecule has 0 amide bonds. The van der Waals surface area contributed by atoms with E-state index in [9.17, 15) is 5.21 Å². The zero-order chi connectivity index (χ0) is 16.6. The summed E-state index contributed by atoms with van der Waals surface area (Å²) >= 11 is 0. The third kappa shape index (κ3) is 4.37. The van der Waals surface area contributed by atoms with Gasteiger partial charge >= 0.3 is 0 Å². The fourth-order valence-corrected chi connectivity index (χ4v) is 3.35. The van der Waals surface area contributed by atoms with Gasteiger partial charge in [0.1, 0.15) is 17.2 Å². The predicted molar refractivity (Wildman–Crippen MR) is 93.0 cm³/mol. The van der Waals surface area contributed by atoms with Crippen molar-refractivity contribution in [2.24, 2.45) is 5.16 Å². The second-order valence-corrected chi connectivity index (χ2v) is 6.17. The molecule has 0 atom stereocenters. The molecule has 5 nitrogen and oxygen atoms in total. The van der Waals surface area contributed by atoms with Crippen LogP contribution >= 0.6 is 8.38 Å². The number of nitrogens with zero attached hydrogens (tertiary/aromatic N) is 1. The first-order chi connectivity index (χ1) is 11.8. The molecule has 0 saturated carbocycles. The quantitative estimate of drug-likeness (QED) is 0.286. The maximum atomic E-state index is 9.31. The van der Waals surface area contributed by atoms with Gasteiger partial charge in [-0.1, -0.05) is 41.6 Å². The van der Waals surface area contributed by atoms with E-state index in [0.717, 1.165) is 0 Å². The van der Waals surface area contributed by atoms with E-state index in [1.165, 1.54) is 6.26 Å². The van der Waals surface area contributed by atoms with E-state index >= 15 is 0 Å². The van der Waals surface area contributed by atoms with Crippen LogP contribution in [-0.2, 0) is 0 Å². The second kappa shape index (κ2) is 8.18. The van der Waals surface area contributed by atoms with Crippen molar-refractivity contribution in [3.63, 3.8) is 0 Å². The highest BCUT2D eigenvalue weighted by Crippen LogP contribution is 2.40. The Balaban J connectivity index is 1.78. The van der Waals surface area contributed by atoms with Crippen LogP contribution in [0, 0.1) is 0 Å². The molecular formula is C18H16NO4P. The van der Waals surface area contributed by atoms with E-state index in [-0.39, 0.29) is 6.16 Å². The van der Waals surface area contributed by atoms with E-state index in [1.54, 1.807) is 12.1 Å². The average Bonchev–Trinajstić information content (AvgIpc) is 3.16.